The second-order valence-corrected chi connectivity index (χ2v) is 11.3. The number of piperidine rings is 1. The van der Waals surface area contributed by atoms with Gasteiger partial charge in [0.05, 0.1) is 28.0 Å². The van der Waals surface area contributed by atoms with Crippen LogP contribution in [0.2, 0.25) is 10.0 Å². The quantitative estimate of drug-likeness (QED) is 0.159. The smallest absolute Gasteiger partial charge is 0.355 e. The molecule has 0 amide bonds. The minimum Gasteiger partial charge on any atom is -0.397 e. The molecule has 12 heteroatoms. The zero-order valence-electron chi connectivity index (χ0n) is 22.3. The summed E-state index contributed by atoms with van der Waals surface area (Å²) in [7, 11) is 0. The average Bonchev–Trinajstić information content (AvgIpc) is 2.91. The van der Waals surface area contributed by atoms with E-state index in [1.165, 1.54) is 4.57 Å². The molecule has 0 saturated carbocycles. The first kappa shape index (κ1) is 28.2. The summed E-state index contributed by atoms with van der Waals surface area (Å²) in [6, 6.07) is 2.88. The van der Waals surface area contributed by atoms with Gasteiger partial charge in [0.1, 0.15) is 21.6 Å². The lowest BCUT2D eigenvalue weighted by molar-refractivity contribution is 0.445. The summed E-state index contributed by atoms with van der Waals surface area (Å²) < 4.78 is 46.8. The molecular weight excluding hydrogens is 564 g/mol. The fourth-order valence-corrected chi connectivity index (χ4v) is 5.70. The maximum absolute atomic E-state index is 15.9. The number of halogens is 5. The first-order chi connectivity index (χ1) is 18.9. The van der Waals surface area contributed by atoms with E-state index in [-0.39, 0.29) is 22.8 Å². The SMILES string of the molecule is Cc1ccnc(C(C)C)c1-n1c(=O)nc(N2CCC[C@H](C)C2)c2cc(F)c(-c3c(N)c(Cl)c(F)c(Cl)c3F)nc21. The number of nitrogens with zero attached hydrogens (tertiary/aromatic N) is 5. The van der Waals surface area contributed by atoms with E-state index in [0.29, 0.717) is 36.0 Å². The fraction of sp³-hybridized carbons (Fsp3) is 0.357. The van der Waals surface area contributed by atoms with Crippen molar-refractivity contribution in [2.24, 2.45) is 5.92 Å². The topological polar surface area (TPSA) is 89.9 Å². The Morgan fingerprint density at radius 1 is 1.12 bits per heavy atom. The summed E-state index contributed by atoms with van der Waals surface area (Å²) in [5.41, 5.74) is 5.29. The van der Waals surface area contributed by atoms with E-state index in [9.17, 15) is 9.18 Å². The zero-order chi connectivity index (χ0) is 29.0. The highest BCUT2D eigenvalue weighted by Crippen LogP contribution is 2.42. The molecule has 3 aromatic heterocycles. The largest absolute Gasteiger partial charge is 0.397 e. The molecule has 1 aliphatic heterocycles. The molecule has 4 heterocycles. The summed E-state index contributed by atoms with van der Waals surface area (Å²) >= 11 is 11.8. The molecular formula is C28H27Cl2F3N6O. The minimum atomic E-state index is -1.32. The maximum atomic E-state index is 15.9. The van der Waals surface area contributed by atoms with E-state index in [1.54, 1.807) is 12.3 Å². The highest BCUT2D eigenvalue weighted by Gasteiger charge is 2.29. The molecule has 5 rings (SSSR count). The number of pyridine rings is 2. The molecule has 1 aromatic carbocycles. The van der Waals surface area contributed by atoms with Crippen molar-refractivity contribution in [2.45, 2.75) is 46.5 Å². The lowest BCUT2D eigenvalue weighted by Gasteiger charge is -2.32. The predicted octanol–water partition coefficient (Wildman–Crippen LogP) is 6.82. The van der Waals surface area contributed by atoms with Gasteiger partial charge in [-0.05, 0) is 49.3 Å². The predicted molar refractivity (Wildman–Crippen MR) is 152 cm³/mol. The lowest BCUT2D eigenvalue weighted by Crippen LogP contribution is -2.37. The van der Waals surface area contributed by atoms with Crippen LogP contribution in [0.25, 0.3) is 28.0 Å². The summed E-state index contributed by atoms with van der Waals surface area (Å²) in [4.78, 5) is 29.1. The molecule has 0 bridgehead atoms. The Labute approximate surface area is 238 Å². The van der Waals surface area contributed by atoms with E-state index >= 15 is 8.78 Å². The number of hydrogen-bond donors (Lipinski definition) is 1. The molecule has 1 aliphatic rings. The fourth-order valence-electron chi connectivity index (χ4n) is 5.27. The van der Waals surface area contributed by atoms with Gasteiger partial charge in [-0.15, -0.1) is 0 Å². The lowest BCUT2D eigenvalue weighted by atomic mass is 10.00. The molecule has 0 unspecified atom stereocenters. The summed E-state index contributed by atoms with van der Waals surface area (Å²) in [5, 5.41) is -1.37. The second-order valence-electron chi connectivity index (χ2n) is 10.5. The Morgan fingerprint density at radius 2 is 1.85 bits per heavy atom. The standard InChI is InChI=1S/C28H27Cl2F3N6O/c1-12(2)23-25(14(4)7-8-35-23)39-27-15(26(37-28(39)40)38-9-5-6-13(3)11-38)10-16(31)24(36-27)17-20(32)18(29)21(33)19(30)22(17)34/h7-8,10,12-13H,5-6,9,11,34H2,1-4H3/t13-/m0/s1. The Balaban J connectivity index is 1.93. The van der Waals surface area contributed by atoms with Crippen LogP contribution in [0.1, 0.15) is 50.8 Å². The molecule has 1 saturated heterocycles. The van der Waals surface area contributed by atoms with Crippen LogP contribution in [-0.2, 0) is 0 Å². The maximum Gasteiger partial charge on any atom is 0.355 e. The molecule has 0 spiro atoms. The van der Waals surface area contributed by atoms with Crippen molar-refractivity contribution in [3.63, 3.8) is 0 Å². The molecule has 210 valence electrons. The van der Waals surface area contributed by atoms with Crippen LogP contribution in [-0.4, -0.2) is 32.6 Å². The van der Waals surface area contributed by atoms with Crippen LogP contribution < -0.4 is 16.3 Å². The number of anilines is 2. The first-order valence-electron chi connectivity index (χ1n) is 12.9. The van der Waals surface area contributed by atoms with E-state index in [4.69, 9.17) is 28.9 Å². The Bertz CT molecular complexity index is 1700. The first-order valence-corrected chi connectivity index (χ1v) is 13.6. The van der Waals surface area contributed by atoms with Crippen molar-refractivity contribution in [1.29, 1.82) is 0 Å². The van der Waals surface area contributed by atoms with Gasteiger partial charge in [0.25, 0.3) is 0 Å². The molecule has 1 atom stereocenters. The number of fused-ring (bicyclic) bond motifs is 1. The van der Waals surface area contributed by atoms with Gasteiger partial charge in [-0.3, -0.25) is 4.98 Å². The van der Waals surface area contributed by atoms with E-state index in [0.717, 1.165) is 18.9 Å². The monoisotopic (exact) mass is 590 g/mol. The van der Waals surface area contributed by atoms with Crippen LogP contribution in [0.5, 0.6) is 0 Å². The van der Waals surface area contributed by atoms with Gasteiger partial charge in [-0.1, -0.05) is 44.0 Å². The van der Waals surface area contributed by atoms with Gasteiger partial charge in [0.2, 0.25) is 0 Å². The van der Waals surface area contributed by atoms with Crippen LogP contribution >= 0.6 is 23.2 Å². The van der Waals surface area contributed by atoms with E-state index in [2.05, 4.69) is 21.9 Å². The molecule has 0 radical (unpaired) electrons. The van der Waals surface area contributed by atoms with E-state index in [1.807, 2.05) is 25.7 Å². The number of rotatable bonds is 4. The number of nitrogens with two attached hydrogens (primary N) is 1. The number of hydrogen-bond acceptors (Lipinski definition) is 6. The van der Waals surface area contributed by atoms with Crippen molar-refractivity contribution in [1.82, 2.24) is 19.5 Å². The molecule has 0 aliphatic carbocycles. The van der Waals surface area contributed by atoms with Gasteiger partial charge in [-0.25, -0.2) is 27.5 Å². The van der Waals surface area contributed by atoms with Crippen molar-refractivity contribution >= 4 is 45.7 Å². The van der Waals surface area contributed by atoms with Crippen molar-refractivity contribution in [3.05, 3.63) is 67.6 Å². The molecule has 40 heavy (non-hydrogen) atoms. The number of nitrogen functional groups attached to an aromatic ring is 1. The van der Waals surface area contributed by atoms with Gasteiger partial charge in [-0.2, -0.15) is 4.98 Å². The van der Waals surface area contributed by atoms with Crippen molar-refractivity contribution in [2.75, 3.05) is 23.7 Å². The van der Waals surface area contributed by atoms with Crippen molar-refractivity contribution in [3.8, 4) is 16.9 Å². The molecule has 7 nitrogen and oxygen atoms in total. The molecule has 4 aromatic rings. The third-order valence-electron chi connectivity index (χ3n) is 7.22. The Morgan fingerprint density at radius 3 is 2.52 bits per heavy atom. The van der Waals surface area contributed by atoms with Crippen LogP contribution in [0.15, 0.2) is 23.1 Å². The summed E-state index contributed by atoms with van der Waals surface area (Å²) in [5.74, 6) is -3.05. The van der Waals surface area contributed by atoms with E-state index < -0.39 is 50.1 Å². The van der Waals surface area contributed by atoms with Gasteiger partial charge >= 0.3 is 5.69 Å². The third kappa shape index (κ3) is 4.56. The number of benzene rings is 1. The minimum absolute atomic E-state index is 0.0120. The zero-order valence-corrected chi connectivity index (χ0v) is 23.8. The molecule has 2 N–H and O–H groups in total. The van der Waals surface area contributed by atoms with Gasteiger partial charge < -0.3 is 10.6 Å². The summed E-state index contributed by atoms with van der Waals surface area (Å²) in [6.45, 7) is 8.98. The van der Waals surface area contributed by atoms with Crippen molar-refractivity contribution < 1.29 is 13.2 Å². The number of aromatic nitrogens is 4. The highest BCUT2D eigenvalue weighted by molar-refractivity contribution is 6.37. The Hall–Kier alpha value is -3.37. The van der Waals surface area contributed by atoms with Crippen LogP contribution in [0.4, 0.5) is 24.7 Å². The number of aryl methyl sites for hydroxylation is 1. The molecule has 1 fully saturated rings. The summed E-state index contributed by atoms with van der Waals surface area (Å²) in [6.07, 6.45) is 3.52. The Kier molecular flexibility index (Phi) is 7.43. The van der Waals surface area contributed by atoms with Crippen LogP contribution in [0.3, 0.4) is 0 Å². The van der Waals surface area contributed by atoms with Gasteiger partial charge in [0.15, 0.2) is 23.1 Å². The van der Waals surface area contributed by atoms with Crippen LogP contribution in [0, 0.1) is 30.3 Å². The normalized spacial score (nSPS) is 15.8. The second kappa shape index (κ2) is 10.6. The van der Waals surface area contributed by atoms with Gasteiger partial charge in [0, 0.05) is 19.3 Å². The third-order valence-corrected chi connectivity index (χ3v) is 7.92. The highest BCUT2D eigenvalue weighted by atomic mass is 35.5. The average molecular weight is 591 g/mol.